The van der Waals surface area contributed by atoms with E-state index in [2.05, 4.69) is 15.3 Å². The topological polar surface area (TPSA) is 75.2 Å². The van der Waals surface area contributed by atoms with Gasteiger partial charge in [0.2, 0.25) is 0 Å². The predicted octanol–water partition coefficient (Wildman–Crippen LogP) is 4.24. The molecule has 6 nitrogen and oxygen atoms in total. The minimum atomic E-state index is -0.322. The van der Waals surface area contributed by atoms with Gasteiger partial charge in [-0.15, -0.1) is 11.8 Å². The van der Waals surface area contributed by atoms with Crippen LogP contribution < -0.4 is 5.32 Å². The van der Waals surface area contributed by atoms with Gasteiger partial charge < -0.3 is 10.2 Å². The number of hydrogen-bond acceptors (Lipinski definition) is 5. The Morgan fingerprint density at radius 2 is 1.89 bits per heavy atom. The molecule has 0 fully saturated rings. The Labute approximate surface area is 168 Å². The Balaban J connectivity index is 2.38. The molecule has 0 saturated heterocycles. The quantitative estimate of drug-likeness (QED) is 0.593. The van der Waals surface area contributed by atoms with Gasteiger partial charge in [0.1, 0.15) is 10.9 Å². The largest absolute Gasteiger partial charge is 0.345 e. The number of carbonyl (C=O) groups excluding carboxylic acids is 2. The van der Waals surface area contributed by atoms with Crippen molar-refractivity contribution in [3.05, 3.63) is 45.9 Å². The minimum absolute atomic E-state index is 0.169. The zero-order chi connectivity index (χ0) is 20.3. The van der Waals surface area contributed by atoms with E-state index in [1.165, 1.54) is 16.7 Å². The number of aryl methyl sites for hydroxylation is 1. The summed E-state index contributed by atoms with van der Waals surface area (Å²) in [5.74, 6) is 0.320. The highest BCUT2D eigenvalue weighted by molar-refractivity contribution is 7.98. The van der Waals surface area contributed by atoms with E-state index >= 15 is 0 Å². The number of hydrogen-bond donors (Lipinski definition) is 1. The van der Waals surface area contributed by atoms with E-state index in [0.29, 0.717) is 38.4 Å². The average Bonchev–Trinajstić information content (AvgIpc) is 2.61. The fraction of sp³-hybridized carbons (Fsp3) is 0.368. The van der Waals surface area contributed by atoms with Crippen LogP contribution in [0.3, 0.4) is 0 Å². The smallest absolute Gasteiger partial charge is 0.260 e. The SMILES string of the molecule is CSc1nc(C(C)C)nc(C)c1C(=O)Nc1ccc(Cl)c(C(=O)N(C)C)c1. The lowest BCUT2D eigenvalue weighted by molar-refractivity contribution is 0.0827. The highest BCUT2D eigenvalue weighted by Gasteiger charge is 2.20. The maximum Gasteiger partial charge on any atom is 0.260 e. The van der Waals surface area contributed by atoms with Crippen molar-refractivity contribution in [2.24, 2.45) is 0 Å². The molecule has 0 atom stereocenters. The summed E-state index contributed by atoms with van der Waals surface area (Å²) in [6.45, 7) is 5.82. The molecule has 0 aliphatic carbocycles. The fourth-order valence-corrected chi connectivity index (χ4v) is 3.26. The molecule has 27 heavy (non-hydrogen) atoms. The van der Waals surface area contributed by atoms with Crippen LogP contribution in [-0.2, 0) is 0 Å². The number of halogens is 1. The number of thioether (sulfide) groups is 1. The lowest BCUT2D eigenvalue weighted by Gasteiger charge is -2.15. The molecular formula is C19H23ClN4O2S. The second-order valence-electron chi connectivity index (χ2n) is 6.55. The summed E-state index contributed by atoms with van der Waals surface area (Å²) >= 11 is 7.53. The van der Waals surface area contributed by atoms with Crippen LogP contribution >= 0.6 is 23.4 Å². The monoisotopic (exact) mass is 406 g/mol. The first-order chi connectivity index (χ1) is 12.6. The Hall–Kier alpha value is -2.12. The van der Waals surface area contributed by atoms with Crippen molar-refractivity contribution in [2.75, 3.05) is 25.7 Å². The van der Waals surface area contributed by atoms with Crippen LogP contribution in [-0.4, -0.2) is 47.0 Å². The first kappa shape index (κ1) is 21.2. The van der Waals surface area contributed by atoms with E-state index in [1.54, 1.807) is 39.2 Å². The minimum Gasteiger partial charge on any atom is -0.345 e. The third-order valence-electron chi connectivity index (χ3n) is 3.87. The van der Waals surface area contributed by atoms with E-state index in [-0.39, 0.29) is 17.7 Å². The summed E-state index contributed by atoms with van der Waals surface area (Å²) in [7, 11) is 3.29. The maximum absolute atomic E-state index is 12.9. The summed E-state index contributed by atoms with van der Waals surface area (Å²) < 4.78 is 0. The first-order valence-corrected chi connectivity index (χ1v) is 10.0. The summed E-state index contributed by atoms with van der Waals surface area (Å²) in [5, 5.41) is 3.78. The van der Waals surface area contributed by atoms with Crippen LogP contribution in [0.15, 0.2) is 23.2 Å². The molecule has 2 rings (SSSR count). The third kappa shape index (κ3) is 4.78. The van der Waals surface area contributed by atoms with Crippen molar-refractivity contribution in [1.29, 1.82) is 0 Å². The van der Waals surface area contributed by atoms with Crippen molar-refractivity contribution < 1.29 is 9.59 Å². The van der Waals surface area contributed by atoms with E-state index in [4.69, 9.17) is 11.6 Å². The van der Waals surface area contributed by atoms with E-state index < -0.39 is 0 Å². The van der Waals surface area contributed by atoms with Crippen LogP contribution in [0.2, 0.25) is 5.02 Å². The van der Waals surface area contributed by atoms with E-state index in [0.717, 1.165) is 0 Å². The van der Waals surface area contributed by atoms with Gasteiger partial charge >= 0.3 is 0 Å². The van der Waals surface area contributed by atoms with Crippen LogP contribution in [0, 0.1) is 6.92 Å². The zero-order valence-corrected chi connectivity index (χ0v) is 17.8. The summed E-state index contributed by atoms with van der Waals surface area (Å²) in [6.07, 6.45) is 1.87. The second kappa shape index (κ2) is 8.71. The van der Waals surface area contributed by atoms with Gasteiger partial charge in [0, 0.05) is 25.7 Å². The number of anilines is 1. The zero-order valence-electron chi connectivity index (χ0n) is 16.3. The molecule has 0 bridgehead atoms. The van der Waals surface area contributed by atoms with Gasteiger partial charge in [0.25, 0.3) is 11.8 Å². The van der Waals surface area contributed by atoms with Crippen LogP contribution in [0.1, 0.15) is 52.0 Å². The Bertz CT molecular complexity index is 884. The molecule has 1 N–H and O–H groups in total. The van der Waals surface area contributed by atoms with E-state index in [1.807, 2.05) is 20.1 Å². The molecule has 1 heterocycles. The summed E-state index contributed by atoms with van der Waals surface area (Å²) in [5.41, 5.74) is 1.86. The molecule has 0 saturated carbocycles. The van der Waals surface area contributed by atoms with Gasteiger partial charge in [0.05, 0.1) is 21.8 Å². The number of amides is 2. The van der Waals surface area contributed by atoms with E-state index in [9.17, 15) is 9.59 Å². The standard InChI is InChI=1S/C19H23ClN4O2S/c1-10(2)16-21-11(3)15(18(23-16)27-6)17(25)22-12-7-8-14(20)13(9-12)19(26)24(4)5/h7-10H,1-6H3,(H,22,25). The Kier molecular flexibility index (Phi) is 6.84. The molecular weight excluding hydrogens is 384 g/mol. The fourth-order valence-electron chi connectivity index (χ4n) is 2.44. The number of aromatic nitrogens is 2. The van der Waals surface area contributed by atoms with Gasteiger partial charge in [-0.3, -0.25) is 9.59 Å². The van der Waals surface area contributed by atoms with Gasteiger partial charge in [-0.2, -0.15) is 0 Å². The maximum atomic E-state index is 12.9. The summed E-state index contributed by atoms with van der Waals surface area (Å²) in [6, 6.07) is 4.82. The number of benzene rings is 1. The molecule has 0 unspecified atom stereocenters. The van der Waals surface area contributed by atoms with Crippen molar-refractivity contribution in [3.8, 4) is 0 Å². The average molecular weight is 407 g/mol. The highest BCUT2D eigenvalue weighted by Crippen LogP contribution is 2.26. The second-order valence-corrected chi connectivity index (χ2v) is 7.76. The molecule has 1 aromatic carbocycles. The molecule has 0 aliphatic rings. The lowest BCUT2D eigenvalue weighted by Crippen LogP contribution is -2.22. The number of carbonyl (C=O) groups is 2. The molecule has 2 aromatic rings. The van der Waals surface area contributed by atoms with Crippen molar-refractivity contribution >= 4 is 40.9 Å². The molecule has 0 radical (unpaired) electrons. The van der Waals surface area contributed by atoms with Gasteiger partial charge in [-0.05, 0) is 31.4 Å². The molecule has 8 heteroatoms. The van der Waals surface area contributed by atoms with Crippen molar-refractivity contribution in [2.45, 2.75) is 31.7 Å². The van der Waals surface area contributed by atoms with Crippen LogP contribution in [0.25, 0.3) is 0 Å². The highest BCUT2D eigenvalue weighted by atomic mass is 35.5. The Morgan fingerprint density at radius 1 is 1.22 bits per heavy atom. The van der Waals surface area contributed by atoms with Crippen LogP contribution in [0.5, 0.6) is 0 Å². The third-order valence-corrected chi connectivity index (χ3v) is 4.88. The number of rotatable bonds is 5. The first-order valence-electron chi connectivity index (χ1n) is 8.40. The molecule has 144 valence electrons. The molecule has 2 amide bonds. The summed E-state index contributed by atoms with van der Waals surface area (Å²) in [4.78, 5) is 35.5. The van der Waals surface area contributed by atoms with Gasteiger partial charge in [-0.1, -0.05) is 25.4 Å². The molecule has 1 aromatic heterocycles. The number of nitrogens with one attached hydrogen (secondary N) is 1. The van der Waals surface area contributed by atoms with Gasteiger partial charge in [-0.25, -0.2) is 9.97 Å². The lowest BCUT2D eigenvalue weighted by atomic mass is 10.1. The van der Waals surface area contributed by atoms with Crippen molar-refractivity contribution in [3.63, 3.8) is 0 Å². The van der Waals surface area contributed by atoms with Crippen LogP contribution in [0.4, 0.5) is 5.69 Å². The molecule has 0 aliphatic heterocycles. The van der Waals surface area contributed by atoms with Crippen molar-refractivity contribution in [1.82, 2.24) is 14.9 Å². The Morgan fingerprint density at radius 3 is 2.44 bits per heavy atom. The number of nitrogens with zero attached hydrogens (tertiary/aromatic N) is 3. The predicted molar refractivity (Wildman–Crippen MR) is 110 cm³/mol. The normalized spacial score (nSPS) is 10.8. The van der Waals surface area contributed by atoms with Gasteiger partial charge in [0.15, 0.2) is 0 Å². The molecule has 0 spiro atoms.